The van der Waals surface area contributed by atoms with Gasteiger partial charge in [-0.25, -0.2) is 10.1 Å². The van der Waals surface area contributed by atoms with Gasteiger partial charge in [-0.05, 0) is 48.9 Å². The molecule has 1 aliphatic heterocycles. The van der Waals surface area contributed by atoms with E-state index in [1.54, 1.807) is 23.0 Å². The van der Waals surface area contributed by atoms with Crippen LogP contribution in [0.5, 0.6) is 11.5 Å². The van der Waals surface area contributed by atoms with E-state index < -0.39 is 0 Å². The summed E-state index contributed by atoms with van der Waals surface area (Å²) < 4.78 is 18.2. The summed E-state index contributed by atoms with van der Waals surface area (Å²) in [5.74, 6) is 2.50. The van der Waals surface area contributed by atoms with Crippen LogP contribution < -0.4 is 14.9 Å². The molecule has 0 atom stereocenters. The minimum atomic E-state index is -0.244. The molecule has 8 nitrogen and oxygen atoms in total. The quantitative estimate of drug-likeness (QED) is 0.372. The molecule has 0 aliphatic carbocycles. The number of nitrogens with one attached hydrogen (secondary N) is 1. The van der Waals surface area contributed by atoms with E-state index >= 15 is 0 Å². The number of hydrogen-bond donors (Lipinski definition) is 1. The van der Waals surface area contributed by atoms with Gasteiger partial charge in [0.2, 0.25) is 12.7 Å². The normalized spacial score (nSPS) is 12.4. The number of hydrogen-bond acceptors (Lipinski definition) is 6. The number of para-hydroxylation sites is 1. The molecule has 0 fully saturated rings. The first kappa shape index (κ1) is 19.6. The zero-order valence-electron chi connectivity index (χ0n) is 17.3. The average molecular weight is 428 g/mol. The molecule has 0 saturated carbocycles. The number of aromatic nitrogens is 2. The van der Waals surface area contributed by atoms with Crippen molar-refractivity contribution in [2.45, 2.75) is 13.3 Å². The third kappa shape index (κ3) is 4.11. The first-order valence-electron chi connectivity index (χ1n) is 10.1. The Hall–Kier alpha value is -4.33. The van der Waals surface area contributed by atoms with E-state index in [9.17, 15) is 4.79 Å². The molecule has 2 aromatic heterocycles. The summed E-state index contributed by atoms with van der Waals surface area (Å²) in [4.78, 5) is 12.4. The van der Waals surface area contributed by atoms with Gasteiger partial charge in [0.15, 0.2) is 17.3 Å². The van der Waals surface area contributed by atoms with E-state index in [1.807, 2.05) is 61.7 Å². The highest BCUT2D eigenvalue weighted by Gasteiger charge is 2.16. The molecule has 1 aliphatic rings. The number of carbonyl (C=O) groups excluding carboxylic acids is 1. The van der Waals surface area contributed by atoms with Gasteiger partial charge in [0.1, 0.15) is 11.5 Å². The summed E-state index contributed by atoms with van der Waals surface area (Å²) in [5, 5.41) is 8.79. The highest BCUT2D eigenvalue weighted by atomic mass is 16.7. The number of aryl methyl sites for hydroxylation is 1. The Morgan fingerprint density at radius 1 is 1.12 bits per heavy atom. The lowest BCUT2D eigenvalue weighted by molar-refractivity contribution is -0.120. The van der Waals surface area contributed by atoms with Crippen LogP contribution in [0.1, 0.15) is 16.9 Å². The SMILES string of the molecule is Cc1ccc(-c2nn(-c3ccccc3)cc2/C=N\NC(=O)Cc2ccc3c(c2)OCO3)o1. The predicted octanol–water partition coefficient (Wildman–Crippen LogP) is 3.86. The summed E-state index contributed by atoms with van der Waals surface area (Å²) in [6.45, 7) is 2.07. The molecule has 0 radical (unpaired) electrons. The number of rotatable bonds is 6. The second kappa shape index (κ2) is 8.43. The van der Waals surface area contributed by atoms with Gasteiger partial charge in [-0.1, -0.05) is 24.3 Å². The highest BCUT2D eigenvalue weighted by molar-refractivity contribution is 5.89. The number of hydrazone groups is 1. The van der Waals surface area contributed by atoms with Crippen molar-refractivity contribution < 1.29 is 18.7 Å². The van der Waals surface area contributed by atoms with E-state index in [0.717, 1.165) is 17.0 Å². The van der Waals surface area contributed by atoms with E-state index in [1.165, 1.54) is 0 Å². The second-order valence-corrected chi connectivity index (χ2v) is 7.28. The van der Waals surface area contributed by atoms with Crippen LogP contribution in [0.2, 0.25) is 0 Å². The molecule has 160 valence electrons. The molecular formula is C24H20N4O4. The number of benzene rings is 2. The number of ether oxygens (including phenoxy) is 2. The van der Waals surface area contributed by atoms with Gasteiger partial charge in [0, 0.05) is 11.8 Å². The highest BCUT2D eigenvalue weighted by Crippen LogP contribution is 2.32. The van der Waals surface area contributed by atoms with Crippen molar-refractivity contribution in [3.8, 4) is 28.6 Å². The summed E-state index contributed by atoms with van der Waals surface area (Å²) >= 11 is 0. The van der Waals surface area contributed by atoms with Crippen molar-refractivity contribution in [1.82, 2.24) is 15.2 Å². The van der Waals surface area contributed by atoms with Crippen LogP contribution in [0.4, 0.5) is 0 Å². The van der Waals surface area contributed by atoms with E-state index in [-0.39, 0.29) is 19.1 Å². The number of furan rings is 1. The fourth-order valence-corrected chi connectivity index (χ4v) is 3.40. The molecule has 3 heterocycles. The van der Waals surface area contributed by atoms with Crippen LogP contribution in [0.25, 0.3) is 17.1 Å². The molecule has 32 heavy (non-hydrogen) atoms. The van der Waals surface area contributed by atoms with Crippen LogP contribution in [0, 0.1) is 6.92 Å². The molecule has 2 aromatic carbocycles. The largest absolute Gasteiger partial charge is 0.460 e. The van der Waals surface area contributed by atoms with Gasteiger partial charge >= 0.3 is 0 Å². The van der Waals surface area contributed by atoms with Crippen molar-refractivity contribution in [3.63, 3.8) is 0 Å². The topological polar surface area (TPSA) is 90.9 Å². The molecule has 1 N–H and O–H groups in total. The zero-order chi connectivity index (χ0) is 21.9. The first-order chi connectivity index (χ1) is 15.7. The molecule has 4 aromatic rings. The van der Waals surface area contributed by atoms with Crippen LogP contribution in [-0.2, 0) is 11.2 Å². The fourth-order valence-electron chi connectivity index (χ4n) is 3.40. The summed E-state index contributed by atoms with van der Waals surface area (Å²) in [6.07, 6.45) is 3.58. The molecule has 0 spiro atoms. The van der Waals surface area contributed by atoms with Crippen LogP contribution in [-0.4, -0.2) is 28.7 Å². The van der Waals surface area contributed by atoms with Crippen molar-refractivity contribution in [1.29, 1.82) is 0 Å². The Kier molecular flexibility index (Phi) is 5.17. The van der Waals surface area contributed by atoms with Gasteiger partial charge in [-0.3, -0.25) is 4.79 Å². The predicted molar refractivity (Wildman–Crippen MR) is 118 cm³/mol. The molecule has 0 bridgehead atoms. The standard InChI is InChI=1S/C24H20N4O4/c1-16-7-9-21(32-16)24-18(14-28(27-24)19-5-3-2-4-6-19)13-25-26-23(29)12-17-8-10-20-22(11-17)31-15-30-20/h2-11,13-14H,12,15H2,1H3,(H,26,29)/b25-13-. The van der Waals surface area contributed by atoms with E-state index in [4.69, 9.17) is 13.9 Å². The summed E-state index contributed by atoms with van der Waals surface area (Å²) in [6, 6.07) is 18.9. The third-order valence-electron chi connectivity index (χ3n) is 4.93. The minimum absolute atomic E-state index is 0.168. The second-order valence-electron chi connectivity index (χ2n) is 7.28. The Bertz CT molecular complexity index is 1290. The van der Waals surface area contributed by atoms with Gasteiger partial charge in [-0.15, -0.1) is 0 Å². The maximum Gasteiger partial charge on any atom is 0.244 e. The zero-order valence-corrected chi connectivity index (χ0v) is 17.3. The van der Waals surface area contributed by atoms with Crippen LogP contribution in [0.3, 0.4) is 0 Å². The van der Waals surface area contributed by atoms with Gasteiger partial charge < -0.3 is 13.9 Å². The monoisotopic (exact) mass is 428 g/mol. The van der Waals surface area contributed by atoms with Crippen LogP contribution >= 0.6 is 0 Å². The van der Waals surface area contributed by atoms with Crippen molar-refractivity contribution in [3.05, 3.63) is 83.7 Å². The summed E-state index contributed by atoms with van der Waals surface area (Å²) in [7, 11) is 0. The van der Waals surface area contributed by atoms with Gasteiger partial charge in [-0.2, -0.15) is 10.2 Å². The Balaban J connectivity index is 1.33. The molecule has 5 rings (SSSR count). The number of amides is 1. The minimum Gasteiger partial charge on any atom is -0.460 e. The number of fused-ring (bicyclic) bond motifs is 1. The molecule has 1 amide bonds. The maximum atomic E-state index is 12.4. The lowest BCUT2D eigenvalue weighted by Crippen LogP contribution is -2.19. The Labute approximate surface area is 184 Å². The number of nitrogens with zero attached hydrogens (tertiary/aromatic N) is 3. The van der Waals surface area contributed by atoms with Gasteiger partial charge in [0.25, 0.3) is 0 Å². The lowest BCUT2D eigenvalue weighted by atomic mass is 10.1. The molecule has 0 unspecified atom stereocenters. The molecular weight excluding hydrogens is 408 g/mol. The average Bonchev–Trinajstić information content (AvgIpc) is 3.53. The van der Waals surface area contributed by atoms with Gasteiger partial charge in [0.05, 0.1) is 18.3 Å². The Morgan fingerprint density at radius 3 is 2.78 bits per heavy atom. The van der Waals surface area contributed by atoms with E-state index in [0.29, 0.717) is 28.5 Å². The fraction of sp³-hybridized carbons (Fsp3) is 0.125. The van der Waals surface area contributed by atoms with Crippen molar-refractivity contribution in [2.75, 3.05) is 6.79 Å². The smallest absolute Gasteiger partial charge is 0.244 e. The lowest BCUT2D eigenvalue weighted by Gasteiger charge is -2.02. The molecule has 0 saturated heterocycles. The Morgan fingerprint density at radius 2 is 1.97 bits per heavy atom. The summed E-state index contributed by atoms with van der Waals surface area (Å²) in [5.41, 5.74) is 5.64. The van der Waals surface area contributed by atoms with E-state index in [2.05, 4.69) is 15.6 Å². The maximum absolute atomic E-state index is 12.4. The van der Waals surface area contributed by atoms with Crippen LogP contribution in [0.15, 0.2) is 76.4 Å². The van der Waals surface area contributed by atoms with Crippen molar-refractivity contribution in [2.24, 2.45) is 5.10 Å². The first-order valence-corrected chi connectivity index (χ1v) is 10.1. The molecule has 8 heteroatoms. The third-order valence-corrected chi connectivity index (χ3v) is 4.93. The number of carbonyl (C=O) groups is 1. The van der Waals surface area contributed by atoms with Crippen molar-refractivity contribution >= 4 is 12.1 Å².